The smallest absolute Gasteiger partial charge is 0.0995 e. The first-order chi connectivity index (χ1) is 10.8. The largest absolute Gasteiger partial charge is 0.295 e. The molecule has 3 rings (SSSR count). The summed E-state index contributed by atoms with van der Waals surface area (Å²) in [7, 11) is 0. The first-order valence-electron chi connectivity index (χ1n) is 7.58. The standard InChI is InChI=1S/C19H19N3/c1-15-6-9-21-13-19(15)16-7-10-22(11-8-16)14-18-5-3-2-4-17(18)12-20/h2-7,9,13H,8,10-11,14H2,1H3. The molecule has 0 aliphatic carbocycles. The van der Waals surface area contributed by atoms with Crippen LogP contribution in [0.5, 0.6) is 0 Å². The Hall–Kier alpha value is -2.44. The molecule has 2 aromatic rings. The molecule has 0 spiro atoms. The normalized spacial score (nSPS) is 15.2. The number of aryl methyl sites for hydroxylation is 1. The second-order valence-electron chi connectivity index (χ2n) is 5.67. The molecule has 0 saturated heterocycles. The third-order valence-corrected chi connectivity index (χ3v) is 4.21. The van der Waals surface area contributed by atoms with E-state index in [2.05, 4.69) is 35.0 Å². The predicted molar refractivity (Wildman–Crippen MR) is 88.0 cm³/mol. The zero-order valence-electron chi connectivity index (χ0n) is 12.8. The monoisotopic (exact) mass is 289 g/mol. The maximum Gasteiger partial charge on any atom is 0.0995 e. The van der Waals surface area contributed by atoms with E-state index in [1.165, 1.54) is 16.7 Å². The van der Waals surface area contributed by atoms with Gasteiger partial charge in [0.1, 0.15) is 0 Å². The molecule has 0 N–H and O–H groups in total. The van der Waals surface area contributed by atoms with E-state index in [0.717, 1.165) is 37.2 Å². The number of aromatic nitrogens is 1. The number of hydrogen-bond acceptors (Lipinski definition) is 3. The number of pyridine rings is 1. The van der Waals surface area contributed by atoms with Gasteiger partial charge in [0.05, 0.1) is 11.6 Å². The zero-order chi connectivity index (χ0) is 15.4. The lowest BCUT2D eigenvalue weighted by molar-refractivity contribution is 0.293. The molecule has 1 aliphatic rings. The Kier molecular flexibility index (Phi) is 4.32. The summed E-state index contributed by atoms with van der Waals surface area (Å²) in [5, 5.41) is 9.18. The SMILES string of the molecule is Cc1ccncc1C1=CCN(Cc2ccccc2C#N)CC1. The van der Waals surface area contributed by atoms with Crippen LogP contribution in [0.2, 0.25) is 0 Å². The van der Waals surface area contributed by atoms with Crippen LogP contribution in [-0.4, -0.2) is 23.0 Å². The quantitative estimate of drug-likeness (QED) is 0.867. The lowest BCUT2D eigenvalue weighted by Crippen LogP contribution is -2.28. The summed E-state index contributed by atoms with van der Waals surface area (Å²) in [6.45, 7) is 4.90. The van der Waals surface area contributed by atoms with Crippen molar-refractivity contribution in [2.45, 2.75) is 19.9 Å². The Balaban J connectivity index is 1.72. The third-order valence-electron chi connectivity index (χ3n) is 4.21. The van der Waals surface area contributed by atoms with E-state index in [1.54, 1.807) is 0 Å². The van der Waals surface area contributed by atoms with Gasteiger partial charge in [-0.25, -0.2) is 0 Å². The number of rotatable bonds is 3. The van der Waals surface area contributed by atoms with Crippen LogP contribution in [-0.2, 0) is 6.54 Å². The van der Waals surface area contributed by atoms with Crippen LogP contribution in [0.25, 0.3) is 5.57 Å². The minimum atomic E-state index is 0.778. The van der Waals surface area contributed by atoms with Gasteiger partial charge in [-0.15, -0.1) is 0 Å². The fourth-order valence-electron chi connectivity index (χ4n) is 2.91. The number of benzene rings is 1. The molecule has 1 aliphatic heterocycles. The first kappa shape index (κ1) is 14.5. The molecule has 0 bridgehead atoms. The molecule has 0 atom stereocenters. The molecule has 0 radical (unpaired) electrons. The Morgan fingerprint density at radius 2 is 2.14 bits per heavy atom. The van der Waals surface area contributed by atoms with Crippen molar-refractivity contribution in [2.75, 3.05) is 13.1 Å². The Bertz CT molecular complexity index is 740. The lowest BCUT2D eigenvalue weighted by Gasteiger charge is -2.27. The van der Waals surface area contributed by atoms with Crippen molar-refractivity contribution in [3.8, 4) is 6.07 Å². The van der Waals surface area contributed by atoms with Crippen molar-refractivity contribution in [3.63, 3.8) is 0 Å². The number of nitrogens with zero attached hydrogens (tertiary/aromatic N) is 3. The van der Waals surface area contributed by atoms with Crippen molar-refractivity contribution in [2.24, 2.45) is 0 Å². The summed E-state index contributed by atoms with van der Waals surface area (Å²) in [6, 6.07) is 12.2. The molecular formula is C19H19N3. The van der Waals surface area contributed by atoms with Gasteiger partial charge in [0.2, 0.25) is 0 Å². The Morgan fingerprint density at radius 3 is 2.86 bits per heavy atom. The van der Waals surface area contributed by atoms with Crippen molar-refractivity contribution < 1.29 is 0 Å². The summed E-state index contributed by atoms with van der Waals surface area (Å²) in [6.07, 6.45) is 7.12. The highest BCUT2D eigenvalue weighted by molar-refractivity contribution is 5.68. The lowest BCUT2D eigenvalue weighted by atomic mass is 9.97. The van der Waals surface area contributed by atoms with Crippen molar-refractivity contribution >= 4 is 5.57 Å². The molecule has 3 heteroatoms. The molecule has 3 nitrogen and oxygen atoms in total. The third kappa shape index (κ3) is 3.08. The molecule has 0 fully saturated rings. The highest BCUT2D eigenvalue weighted by Gasteiger charge is 2.15. The van der Waals surface area contributed by atoms with E-state index in [9.17, 15) is 5.26 Å². The topological polar surface area (TPSA) is 39.9 Å². The molecule has 22 heavy (non-hydrogen) atoms. The maximum absolute atomic E-state index is 9.18. The van der Waals surface area contributed by atoms with Gasteiger partial charge >= 0.3 is 0 Å². The van der Waals surface area contributed by atoms with Crippen LogP contribution >= 0.6 is 0 Å². The summed E-state index contributed by atoms with van der Waals surface area (Å²) in [4.78, 5) is 6.62. The van der Waals surface area contributed by atoms with Crippen LogP contribution in [0, 0.1) is 18.3 Å². The van der Waals surface area contributed by atoms with Gasteiger partial charge in [-0.05, 0) is 47.7 Å². The van der Waals surface area contributed by atoms with Gasteiger partial charge in [-0.1, -0.05) is 24.3 Å². The minimum Gasteiger partial charge on any atom is -0.295 e. The first-order valence-corrected chi connectivity index (χ1v) is 7.58. The van der Waals surface area contributed by atoms with Crippen LogP contribution < -0.4 is 0 Å². The molecule has 1 aromatic heterocycles. The van der Waals surface area contributed by atoms with E-state index in [0.29, 0.717) is 0 Å². The molecular weight excluding hydrogens is 270 g/mol. The van der Waals surface area contributed by atoms with Crippen molar-refractivity contribution in [1.29, 1.82) is 5.26 Å². The predicted octanol–water partition coefficient (Wildman–Crippen LogP) is 3.55. The summed E-state index contributed by atoms with van der Waals surface area (Å²) >= 11 is 0. The molecule has 0 saturated carbocycles. The molecule has 1 aromatic carbocycles. The highest BCUT2D eigenvalue weighted by atomic mass is 15.1. The second-order valence-corrected chi connectivity index (χ2v) is 5.67. The van der Waals surface area contributed by atoms with Crippen molar-refractivity contribution in [3.05, 3.63) is 71.1 Å². The average molecular weight is 289 g/mol. The summed E-state index contributed by atoms with van der Waals surface area (Å²) in [5.74, 6) is 0. The fourth-order valence-corrected chi connectivity index (χ4v) is 2.91. The number of hydrogen-bond donors (Lipinski definition) is 0. The molecule has 0 amide bonds. The van der Waals surface area contributed by atoms with E-state index < -0.39 is 0 Å². The average Bonchev–Trinajstić information content (AvgIpc) is 2.57. The van der Waals surface area contributed by atoms with Gasteiger partial charge in [0.15, 0.2) is 0 Å². The summed E-state index contributed by atoms with van der Waals surface area (Å²) < 4.78 is 0. The van der Waals surface area contributed by atoms with Gasteiger partial charge in [0, 0.05) is 32.0 Å². The molecule has 0 unspecified atom stereocenters. The second kappa shape index (κ2) is 6.55. The highest BCUT2D eigenvalue weighted by Crippen LogP contribution is 2.25. The Morgan fingerprint density at radius 1 is 1.27 bits per heavy atom. The van der Waals surface area contributed by atoms with E-state index in [-0.39, 0.29) is 0 Å². The summed E-state index contributed by atoms with van der Waals surface area (Å²) in [5.41, 5.74) is 5.82. The zero-order valence-corrected chi connectivity index (χ0v) is 12.8. The van der Waals surface area contributed by atoms with Crippen LogP contribution in [0.3, 0.4) is 0 Å². The Labute approximate surface area is 131 Å². The van der Waals surface area contributed by atoms with Crippen molar-refractivity contribution in [1.82, 2.24) is 9.88 Å². The fraction of sp³-hybridized carbons (Fsp3) is 0.263. The van der Waals surface area contributed by atoms with Gasteiger partial charge < -0.3 is 0 Å². The van der Waals surface area contributed by atoms with Crippen LogP contribution in [0.1, 0.15) is 28.7 Å². The number of nitriles is 1. The van der Waals surface area contributed by atoms with E-state index >= 15 is 0 Å². The van der Waals surface area contributed by atoms with Crippen LogP contribution in [0.4, 0.5) is 0 Å². The maximum atomic E-state index is 9.18. The van der Waals surface area contributed by atoms with E-state index in [1.807, 2.05) is 36.7 Å². The van der Waals surface area contributed by atoms with E-state index in [4.69, 9.17) is 0 Å². The minimum absolute atomic E-state index is 0.778. The van der Waals surface area contributed by atoms with Gasteiger partial charge in [-0.3, -0.25) is 9.88 Å². The van der Waals surface area contributed by atoms with Crippen LogP contribution in [0.15, 0.2) is 48.8 Å². The van der Waals surface area contributed by atoms with Gasteiger partial charge in [-0.2, -0.15) is 5.26 Å². The van der Waals surface area contributed by atoms with Gasteiger partial charge in [0.25, 0.3) is 0 Å². The molecule has 110 valence electrons. The molecule has 2 heterocycles.